The zero-order valence-electron chi connectivity index (χ0n) is 16.7. The van der Waals surface area contributed by atoms with Crippen molar-refractivity contribution >= 4 is 47.2 Å². The van der Waals surface area contributed by atoms with Crippen LogP contribution in [0.15, 0.2) is 23.2 Å². The van der Waals surface area contributed by atoms with E-state index in [4.69, 9.17) is 11.6 Å². The molecule has 0 aliphatic carbocycles. The predicted octanol–water partition coefficient (Wildman–Crippen LogP) is 3.31. The third kappa shape index (κ3) is 6.12. The van der Waals surface area contributed by atoms with Crippen molar-refractivity contribution in [2.75, 3.05) is 64.8 Å². The van der Waals surface area contributed by atoms with Crippen LogP contribution in [0.25, 0.3) is 0 Å². The quantitative estimate of drug-likeness (QED) is 0.388. The van der Waals surface area contributed by atoms with Gasteiger partial charge in [-0.3, -0.25) is 4.99 Å². The average Bonchev–Trinajstić information content (AvgIpc) is 2.65. The Labute approximate surface area is 186 Å². The molecule has 0 spiro atoms. The van der Waals surface area contributed by atoms with E-state index in [2.05, 4.69) is 51.1 Å². The van der Waals surface area contributed by atoms with Gasteiger partial charge in [-0.05, 0) is 57.0 Å². The van der Waals surface area contributed by atoms with Crippen molar-refractivity contribution in [3.63, 3.8) is 0 Å². The van der Waals surface area contributed by atoms with E-state index in [0.717, 1.165) is 49.6 Å². The molecule has 7 heteroatoms. The zero-order chi connectivity index (χ0) is 18.5. The molecule has 2 fully saturated rings. The third-order valence-electron chi connectivity index (χ3n) is 5.57. The lowest BCUT2D eigenvalue weighted by molar-refractivity contribution is 0.209. The molecule has 2 aliphatic heterocycles. The first-order chi connectivity index (χ1) is 12.6. The van der Waals surface area contributed by atoms with Crippen LogP contribution < -0.4 is 10.2 Å². The highest BCUT2D eigenvalue weighted by Gasteiger charge is 2.22. The maximum atomic E-state index is 6.19. The number of nitrogens with zero attached hydrogens (tertiary/aromatic N) is 4. The fraction of sp³-hybridized carbons (Fsp3) is 0.650. The van der Waals surface area contributed by atoms with Crippen molar-refractivity contribution < 1.29 is 0 Å². The normalized spacial score (nSPS) is 21.8. The van der Waals surface area contributed by atoms with Crippen molar-refractivity contribution in [2.24, 2.45) is 10.9 Å². The first-order valence-corrected chi connectivity index (χ1v) is 10.1. The topological polar surface area (TPSA) is 34.1 Å². The first-order valence-electron chi connectivity index (χ1n) is 9.72. The summed E-state index contributed by atoms with van der Waals surface area (Å²) in [5, 5.41) is 4.42. The molecule has 0 radical (unpaired) electrons. The van der Waals surface area contributed by atoms with Crippen LogP contribution in [-0.2, 0) is 0 Å². The second kappa shape index (κ2) is 10.7. The van der Waals surface area contributed by atoms with Crippen molar-refractivity contribution in [3.8, 4) is 0 Å². The Morgan fingerprint density at radius 2 is 1.96 bits per heavy atom. The van der Waals surface area contributed by atoms with Crippen molar-refractivity contribution in [2.45, 2.75) is 19.8 Å². The molecule has 0 bridgehead atoms. The van der Waals surface area contributed by atoms with Crippen LogP contribution in [0.2, 0.25) is 5.02 Å². The number of piperidine rings is 1. The number of benzene rings is 1. The van der Waals surface area contributed by atoms with Crippen LogP contribution in [0.3, 0.4) is 0 Å². The molecular weight excluding hydrogens is 473 g/mol. The van der Waals surface area contributed by atoms with Gasteiger partial charge in [0.1, 0.15) is 0 Å². The van der Waals surface area contributed by atoms with Gasteiger partial charge in [-0.2, -0.15) is 0 Å². The Kier molecular flexibility index (Phi) is 8.95. The summed E-state index contributed by atoms with van der Waals surface area (Å²) in [6, 6.07) is 6.15. The molecule has 152 valence electrons. The molecule has 1 aromatic rings. The van der Waals surface area contributed by atoms with Crippen LogP contribution in [-0.4, -0.2) is 75.7 Å². The minimum absolute atomic E-state index is 0. The highest BCUT2D eigenvalue weighted by molar-refractivity contribution is 14.0. The summed E-state index contributed by atoms with van der Waals surface area (Å²) in [6.07, 6.45) is 2.62. The fourth-order valence-corrected chi connectivity index (χ4v) is 4.26. The molecule has 0 saturated carbocycles. The maximum Gasteiger partial charge on any atom is 0.193 e. The molecule has 27 heavy (non-hydrogen) atoms. The zero-order valence-corrected chi connectivity index (χ0v) is 19.8. The highest BCUT2D eigenvalue weighted by atomic mass is 127. The molecule has 1 aromatic carbocycles. The van der Waals surface area contributed by atoms with Crippen LogP contribution in [0.1, 0.15) is 18.4 Å². The van der Waals surface area contributed by atoms with Crippen molar-refractivity contribution in [3.05, 3.63) is 28.8 Å². The van der Waals surface area contributed by atoms with Gasteiger partial charge < -0.3 is 20.0 Å². The monoisotopic (exact) mass is 505 g/mol. The summed E-state index contributed by atoms with van der Waals surface area (Å²) in [5.41, 5.74) is 2.54. The predicted molar refractivity (Wildman–Crippen MR) is 127 cm³/mol. The SMILES string of the molecule is CN=C(NCC1CCCN(C)C1)N1CCN(c2cc(Cl)ccc2C)CC1.I. The molecular formula is C20H33ClIN5. The number of aryl methyl sites for hydroxylation is 1. The van der Waals surface area contributed by atoms with E-state index < -0.39 is 0 Å². The summed E-state index contributed by atoms with van der Waals surface area (Å²) in [4.78, 5) is 11.8. The van der Waals surface area contributed by atoms with Crippen LogP contribution >= 0.6 is 35.6 Å². The smallest absolute Gasteiger partial charge is 0.193 e. The molecule has 3 rings (SSSR count). The van der Waals surface area contributed by atoms with Crippen LogP contribution in [0.4, 0.5) is 5.69 Å². The Bertz CT molecular complexity index is 631. The van der Waals surface area contributed by atoms with E-state index in [9.17, 15) is 0 Å². The lowest BCUT2D eigenvalue weighted by atomic mass is 9.98. The number of nitrogens with one attached hydrogen (secondary N) is 1. The van der Waals surface area contributed by atoms with Crippen LogP contribution in [0, 0.1) is 12.8 Å². The number of rotatable bonds is 3. The number of anilines is 1. The maximum absolute atomic E-state index is 6.19. The number of likely N-dealkylation sites (tertiary alicyclic amines) is 1. The summed E-state index contributed by atoms with van der Waals surface area (Å²) in [5.74, 6) is 1.77. The number of guanidine groups is 1. The highest BCUT2D eigenvalue weighted by Crippen LogP contribution is 2.25. The molecule has 1 N–H and O–H groups in total. The Morgan fingerprint density at radius 3 is 2.63 bits per heavy atom. The molecule has 1 unspecified atom stereocenters. The van der Waals surface area contributed by atoms with Gasteiger partial charge in [0.15, 0.2) is 5.96 Å². The van der Waals surface area contributed by atoms with E-state index in [1.807, 2.05) is 13.1 Å². The van der Waals surface area contributed by atoms with E-state index >= 15 is 0 Å². The van der Waals surface area contributed by atoms with Gasteiger partial charge in [0.2, 0.25) is 0 Å². The number of hydrogen-bond donors (Lipinski definition) is 1. The lowest BCUT2D eigenvalue weighted by Gasteiger charge is -2.39. The van der Waals surface area contributed by atoms with E-state index in [1.54, 1.807) is 0 Å². The van der Waals surface area contributed by atoms with Crippen molar-refractivity contribution in [1.82, 2.24) is 15.1 Å². The second-order valence-electron chi connectivity index (χ2n) is 7.60. The standard InChI is InChI=1S/C20H32ClN5.HI/c1-16-6-7-18(21)13-19(16)25-9-11-26(12-10-25)20(22-2)23-14-17-5-4-8-24(3)15-17;/h6-7,13,17H,4-5,8-12,14-15H2,1-3H3,(H,22,23);1H. The summed E-state index contributed by atoms with van der Waals surface area (Å²) < 4.78 is 0. The van der Waals surface area contributed by atoms with E-state index in [-0.39, 0.29) is 24.0 Å². The summed E-state index contributed by atoms with van der Waals surface area (Å²) in [7, 11) is 4.11. The minimum atomic E-state index is 0. The molecule has 2 saturated heterocycles. The fourth-order valence-electron chi connectivity index (χ4n) is 4.09. The van der Waals surface area contributed by atoms with Gasteiger partial charge in [0, 0.05) is 57.0 Å². The van der Waals surface area contributed by atoms with E-state index in [0.29, 0.717) is 0 Å². The first kappa shape index (κ1) is 22.6. The average molecular weight is 506 g/mol. The second-order valence-corrected chi connectivity index (χ2v) is 8.04. The van der Waals surface area contributed by atoms with Crippen LogP contribution in [0.5, 0.6) is 0 Å². The largest absolute Gasteiger partial charge is 0.368 e. The minimum Gasteiger partial charge on any atom is -0.368 e. The van der Waals surface area contributed by atoms with Gasteiger partial charge in [0.05, 0.1) is 0 Å². The Balaban J connectivity index is 0.00000261. The van der Waals surface area contributed by atoms with Gasteiger partial charge in [-0.15, -0.1) is 24.0 Å². The molecule has 1 atom stereocenters. The molecule has 0 amide bonds. The van der Waals surface area contributed by atoms with Gasteiger partial charge in [-0.1, -0.05) is 17.7 Å². The van der Waals surface area contributed by atoms with Gasteiger partial charge >= 0.3 is 0 Å². The van der Waals surface area contributed by atoms with Gasteiger partial charge in [-0.25, -0.2) is 0 Å². The number of hydrogen-bond acceptors (Lipinski definition) is 3. The number of piperazine rings is 1. The number of halogens is 2. The van der Waals surface area contributed by atoms with Crippen molar-refractivity contribution in [1.29, 1.82) is 0 Å². The van der Waals surface area contributed by atoms with Gasteiger partial charge in [0.25, 0.3) is 0 Å². The molecule has 5 nitrogen and oxygen atoms in total. The van der Waals surface area contributed by atoms with E-state index in [1.165, 1.54) is 37.2 Å². The lowest BCUT2D eigenvalue weighted by Crippen LogP contribution is -2.53. The Morgan fingerprint density at radius 1 is 1.22 bits per heavy atom. The summed E-state index contributed by atoms with van der Waals surface area (Å²) >= 11 is 6.19. The number of aliphatic imine (C=N–C) groups is 1. The molecule has 2 heterocycles. The Hall–Kier alpha value is -0.730. The molecule has 2 aliphatic rings. The summed E-state index contributed by atoms with van der Waals surface area (Å²) in [6.45, 7) is 9.54. The molecule has 0 aromatic heterocycles. The third-order valence-corrected chi connectivity index (χ3v) is 5.81.